The molecule has 0 spiro atoms. The maximum absolute atomic E-state index is 12.4. The van der Waals surface area contributed by atoms with E-state index in [1.807, 2.05) is 0 Å². The zero-order chi connectivity index (χ0) is 13.9. The first kappa shape index (κ1) is 15.3. The molecule has 6 heteroatoms. The molecule has 102 valence electrons. The van der Waals surface area contributed by atoms with Crippen LogP contribution in [0.5, 0.6) is 0 Å². The van der Waals surface area contributed by atoms with Gasteiger partial charge in [-0.15, -0.1) is 0 Å². The second-order valence-electron chi connectivity index (χ2n) is 4.47. The summed E-state index contributed by atoms with van der Waals surface area (Å²) < 4.78 is 38.0. The van der Waals surface area contributed by atoms with Crippen LogP contribution >= 0.6 is 15.9 Å². The van der Waals surface area contributed by atoms with Crippen LogP contribution in [0.25, 0.3) is 0 Å². The summed E-state index contributed by atoms with van der Waals surface area (Å²) in [7, 11) is 0. The summed E-state index contributed by atoms with van der Waals surface area (Å²) in [6.45, 7) is 2.83. The molecule has 1 aromatic carbocycles. The fourth-order valence-corrected chi connectivity index (χ4v) is 1.98. The highest BCUT2D eigenvalue weighted by atomic mass is 79.9. The third kappa shape index (κ3) is 4.86. The molecule has 0 atom stereocenters. The van der Waals surface area contributed by atoms with E-state index in [1.54, 1.807) is 32.0 Å². The molecule has 0 aromatic heterocycles. The Hall–Kier alpha value is -0.750. The Morgan fingerprint density at radius 1 is 1.33 bits per heavy atom. The maximum Gasteiger partial charge on any atom is 0.401 e. The summed E-state index contributed by atoms with van der Waals surface area (Å²) in [5.74, 6) is 0. The molecule has 0 amide bonds. The second-order valence-corrected chi connectivity index (χ2v) is 5.32. The van der Waals surface area contributed by atoms with Crippen LogP contribution in [0.4, 0.5) is 18.9 Å². The van der Waals surface area contributed by atoms with Gasteiger partial charge in [-0.05, 0) is 47.5 Å². The lowest BCUT2D eigenvalue weighted by atomic mass is 10.1. The van der Waals surface area contributed by atoms with Crippen molar-refractivity contribution in [2.24, 2.45) is 0 Å². The van der Waals surface area contributed by atoms with E-state index in [1.165, 1.54) is 4.90 Å². The number of benzene rings is 1. The lowest BCUT2D eigenvalue weighted by Gasteiger charge is -2.27. The number of nitrogens with two attached hydrogens (primary N) is 1. The van der Waals surface area contributed by atoms with Gasteiger partial charge in [0, 0.05) is 22.7 Å². The molecule has 18 heavy (non-hydrogen) atoms. The number of alkyl halides is 3. The highest BCUT2D eigenvalue weighted by Gasteiger charge is 2.31. The van der Waals surface area contributed by atoms with E-state index in [4.69, 9.17) is 5.73 Å². The van der Waals surface area contributed by atoms with Gasteiger partial charge in [-0.3, -0.25) is 4.90 Å². The quantitative estimate of drug-likeness (QED) is 0.853. The maximum atomic E-state index is 12.4. The third-order valence-electron chi connectivity index (χ3n) is 2.56. The SMILES string of the molecule is CC(C)N(Cc1ccc(N)c(Br)c1)CC(F)(F)F. The van der Waals surface area contributed by atoms with Gasteiger partial charge >= 0.3 is 6.18 Å². The minimum absolute atomic E-state index is 0.178. The summed E-state index contributed by atoms with van der Waals surface area (Å²) in [5.41, 5.74) is 7.02. The van der Waals surface area contributed by atoms with Crippen LogP contribution < -0.4 is 5.73 Å². The van der Waals surface area contributed by atoms with Gasteiger partial charge in [0.05, 0.1) is 6.54 Å². The zero-order valence-electron chi connectivity index (χ0n) is 10.3. The summed E-state index contributed by atoms with van der Waals surface area (Å²) in [6, 6.07) is 5.00. The van der Waals surface area contributed by atoms with Crippen molar-refractivity contribution in [3.63, 3.8) is 0 Å². The van der Waals surface area contributed by atoms with Gasteiger partial charge in [-0.1, -0.05) is 6.07 Å². The Balaban J connectivity index is 2.80. The molecular weight excluding hydrogens is 309 g/mol. The number of halogens is 4. The number of anilines is 1. The van der Waals surface area contributed by atoms with Crippen LogP contribution in [0.3, 0.4) is 0 Å². The molecule has 2 N–H and O–H groups in total. The van der Waals surface area contributed by atoms with Crippen molar-refractivity contribution in [2.75, 3.05) is 12.3 Å². The van der Waals surface area contributed by atoms with E-state index in [0.29, 0.717) is 10.2 Å². The first-order chi connectivity index (χ1) is 8.19. The topological polar surface area (TPSA) is 29.3 Å². The third-order valence-corrected chi connectivity index (χ3v) is 3.25. The molecule has 1 rings (SSSR count). The number of hydrogen-bond acceptors (Lipinski definition) is 2. The van der Waals surface area contributed by atoms with Crippen molar-refractivity contribution in [1.29, 1.82) is 0 Å². The van der Waals surface area contributed by atoms with Gasteiger partial charge in [0.2, 0.25) is 0 Å². The summed E-state index contributed by atoms with van der Waals surface area (Å²) in [4.78, 5) is 1.37. The van der Waals surface area contributed by atoms with Crippen molar-refractivity contribution in [1.82, 2.24) is 4.90 Å². The zero-order valence-corrected chi connectivity index (χ0v) is 11.8. The van der Waals surface area contributed by atoms with E-state index < -0.39 is 12.7 Å². The normalized spacial score (nSPS) is 12.4. The Kier molecular flexibility index (Phi) is 5.04. The Morgan fingerprint density at radius 2 is 1.94 bits per heavy atom. The van der Waals surface area contributed by atoms with Gasteiger partial charge in [-0.2, -0.15) is 13.2 Å². The summed E-state index contributed by atoms with van der Waals surface area (Å²) in [5, 5.41) is 0. The highest BCUT2D eigenvalue weighted by Crippen LogP contribution is 2.23. The largest absolute Gasteiger partial charge is 0.401 e. The van der Waals surface area contributed by atoms with E-state index in [2.05, 4.69) is 15.9 Å². The number of nitrogens with zero attached hydrogens (tertiary/aromatic N) is 1. The first-order valence-electron chi connectivity index (χ1n) is 5.54. The lowest BCUT2D eigenvalue weighted by molar-refractivity contribution is -0.150. The van der Waals surface area contributed by atoms with E-state index in [0.717, 1.165) is 5.56 Å². The van der Waals surface area contributed by atoms with Crippen LogP contribution in [-0.2, 0) is 6.54 Å². The Bertz CT molecular complexity index is 405. The standard InChI is InChI=1S/C12H16BrF3N2/c1-8(2)18(7-12(14,15)16)6-9-3-4-11(17)10(13)5-9/h3-5,8H,6-7,17H2,1-2H3. The number of rotatable bonds is 4. The van der Waals surface area contributed by atoms with Crippen LogP contribution in [-0.4, -0.2) is 23.7 Å². The van der Waals surface area contributed by atoms with Gasteiger partial charge in [0.25, 0.3) is 0 Å². The molecule has 0 aliphatic heterocycles. The summed E-state index contributed by atoms with van der Waals surface area (Å²) in [6.07, 6.45) is -4.19. The van der Waals surface area contributed by atoms with Gasteiger partial charge in [0.15, 0.2) is 0 Å². The van der Waals surface area contributed by atoms with E-state index >= 15 is 0 Å². The molecule has 0 saturated heterocycles. The number of hydrogen-bond donors (Lipinski definition) is 1. The summed E-state index contributed by atoms with van der Waals surface area (Å²) >= 11 is 3.27. The Morgan fingerprint density at radius 3 is 2.39 bits per heavy atom. The van der Waals surface area contributed by atoms with Gasteiger partial charge in [-0.25, -0.2) is 0 Å². The lowest BCUT2D eigenvalue weighted by Crippen LogP contribution is -2.38. The van der Waals surface area contributed by atoms with E-state index in [-0.39, 0.29) is 12.6 Å². The smallest absolute Gasteiger partial charge is 0.398 e. The molecule has 2 nitrogen and oxygen atoms in total. The highest BCUT2D eigenvalue weighted by molar-refractivity contribution is 9.10. The minimum Gasteiger partial charge on any atom is -0.398 e. The Labute approximate surface area is 113 Å². The molecule has 0 aliphatic rings. The average molecular weight is 325 g/mol. The van der Waals surface area contributed by atoms with Crippen LogP contribution in [0, 0.1) is 0 Å². The molecule has 0 saturated carbocycles. The first-order valence-corrected chi connectivity index (χ1v) is 6.33. The van der Waals surface area contributed by atoms with Gasteiger partial charge in [0.1, 0.15) is 0 Å². The molecule has 0 fully saturated rings. The molecule has 0 heterocycles. The van der Waals surface area contributed by atoms with Crippen molar-refractivity contribution < 1.29 is 13.2 Å². The van der Waals surface area contributed by atoms with Crippen molar-refractivity contribution in [2.45, 2.75) is 32.6 Å². The molecular formula is C12H16BrF3N2. The van der Waals surface area contributed by atoms with E-state index in [9.17, 15) is 13.2 Å². The van der Waals surface area contributed by atoms with Gasteiger partial charge < -0.3 is 5.73 Å². The second kappa shape index (κ2) is 5.93. The monoisotopic (exact) mass is 324 g/mol. The number of nitrogen functional groups attached to an aromatic ring is 1. The van der Waals surface area contributed by atoms with Crippen LogP contribution in [0.15, 0.2) is 22.7 Å². The fraction of sp³-hybridized carbons (Fsp3) is 0.500. The molecule has 0 bridgehead atoms. The molecule has 0 radical (unpaired) electrons. The average Bonchev–Trinajstić information content (AvgIpc) is 2.20. The predicted octanol–water partition coefficient (Wildman–Crippen LogP) is 3.80. The van der Waals surface area contributed by atoms with Crippen LogP contribution in [0.2, 0.25) is 0 Å². The van der Waals surface area contributed by atoms with Crippen molar-refractivity contribution in [3.8, 4) is 0 Å². The molecule has 0 aliphatic carbocycles. The fourth-order valence-electron chi connectivity index (χ4n) is 1.55. The predicted molar refractivity (Wildman–Crippen MR) is 70.2 cm³/mol. The van der Waals surface area contributed by atoms with Crippen LogP contribution in [0.1, 0.15) is 19.4 Å². The molecule has 0 unspecified atom stereocenters. The van der Waals surface area contributed by atoms with Crippen molar-refractivity contribution in [3.05, 3.63) is 28.2 Å². The molecule has 1 aromatic rings. The minimum atomic E-state index is -4.19. The van der Waals surface area contributed by atoms with Crippen molar-refractivity contribution >= 4 is 21.6 Å².